The molecule has 0 bridgehead atoms. The fraction of sp³-hybridized carbons (Fsp3) is 0.375. The van der Waals surface area contributed by atoms with Crippen LogP contribution in [0, 0.1) is 32.0 Å². The van der Waals surface area contributed by atoms with Gasteiger partial charge < -0.3 is 14.6 Å². The van der Waals surface area contributed by atoms with E-state index in [-0.39, 0.29) is 5.82 Å². The molecule has 1 aromatic carbocycles. The number of pyridine rings is 1. The van der Waals surface area contributed by atoms with Crippen LogP contribution in [0.2, 0.25) is 0 Å². The summed E-state index contributed by atoms with van der Waals surface area (Å²) < 4.78 is 15.6. The van der Waals surface area contributed by atoms with E-state index in [2.05, 4.69) is 54.2 Å². The maximum absolute atomic E-state index is 13.4. The first-order valence-electron chi connectivity index (χ1n) is 10.1. The summed E-state index contributed by atoms with van der Waals surface area (Å²) in [5.41, 5.74) is 8.48. The average Bonchev–Trinajstić information content (AvgIpc) is 2.92. The fourth-order valence-corrected chi connectivity index (χ4v) is 4.07. The number of benzene rings is 1. The Morgan fingerprint density at radius 2 is 1.93 bits per heavy atom. The summed E-state index contributed by atoms with van der Waals surface area (Å²) in [6.07, 6.45) is 2.13. The van der Waals surface area contributed by atoms with Crippen molar-refractivity contribution >= 4 is 17.0 Å². The van der Waals surface area contributed by atoms with Crippen molar-refractivity contribution in [1.29, 1.82) is 0 Å². The topological polar surface area (TPSA) is 32.6 Å². The number of anilines is 1. The Bertz CT molecular complexity index is 1100. The molecule has 3 aromatic rings. The Balaban J connectivity index is 1.68. The van der Waals surface area contributed by atoms with Gasteiger partial charge in [-0.3, -0.25) is 0 Å². The third kappa shape index (κ3) is 3.61. The van der Waals surface area contributed by atoms with Crippen molar-refractivity contribution in [3.05, 3.63) is 70.9 Å². The van der Waals surface area contributed by atoms with Crippen molar-refractivity contribution in [2.75, 3.05) is 18.4 Å². The van der Waals surface area contributed by atoms with Crippen molar-refractivity contribution < 1.29 is 4.39 Å². The normalized spacial score (nSPS) is 15.4. The number of rotatable bonds is 5. The number of hydrogen-bond acceptors (Lipinski definition) is 3. The first-order valence-corrected chi connectivity index (χ1v) is 10.1. The van der Waals surface area contributed by atoms with Crippen molar-refractivity contribution in [3.8, 4) is 0 Å². The molecule has 1 N–H and O–H groups in total. The fourth-order valence-electron chi connectivity index (χ4n) is 4.07. The number of nitrogens with zero attached hydrogens (tertiary/aromatic N) is 3. The van der Waals surface area contributed by atoms with Crippen LogP contribution in [0.25, 0.3) is 11.3 Å². The first kappa shape index (κ1) is 19.5. The van der Waals surface area contributed by atoms with Gasteiger partial charge in [-0.25, -0.2) is 9.37 Å². The van der Waals surface area contributed by atoms with E-state index >= 15 is 0 Å². The lowest BCUT2D eigenvalue weighted by atomic mass is 9.83. The van der Waals surface area contributed by atoms with Gasteiger partial charge >= 0.3 is 0 Å². The average molecular weight is 393 g/mol. The third-order valence-corrected chi connectivity index (χ3v) is 5.92. The summed E-state index contributed by atoms with van der Waals surface area (Å²) in [6, 6.07) is 7.04. The lowest BCUT2D eigenvalue weighted by Gasteiger charge is -2.48. The maximum atomic E-state index is 13.4. The highest BCUT2D eigenvalue weighted by Gasteiger charge is 2.35. The Kier molecular flexibility index (Phi) is 4.64. The van der Waals surface area contributed by atoms with Crippen molar-refractivity contribution in [2.45, 2.75) is 41.2 Å². The van der Waals surface area contributed by atoms with Gasteiger partial charge in [0, 0.05) is 42.8 Å². The van der Waals surface area contributed by atoms with Gasteiger partial charge in [-0.2, -0.15) is 0 Å². The number of fused-ring (bicyclic) bond motifs is 1. The van der Waals surface area contributed by atoms with Crippen LogP contribution in [-0.4, -0.2) is 27.4 Å². The molecule has 152 valence electrons. The number of hydrogen-bond donors (Lipinski definition) is 1. The smallest absolute Gasteiger partial charge is 0.160 e. The summed E-state index contributed by atoms with van der Waals surface area (Å²) in [7, 11) is 0. The number of halogens is 1. The van der Waals surface area contributed by atoms with Gasteiger partial charge in [0.25, 0.3) is 0 Å². The van der Waals surface area contributed by atoms with E-state index in [1.54, 1.807) is 6.07 Å². The lowest BCUT2D eigenvalue weighted by molar-refractivity contribution is 0.0888. The Labute approximate surface area is 172 Å². The van der Waals surface area contributed by atoms with Crippen molar-refractivity contribution in [1.82, 2.24) is 14.3 Å². The minimum Gasteiger partial charge on any atom is -0.378 e. The number of aryl methyl sites for hydroxylation is 3. The van der Waals surface area contributed by atoms with Gasteiger partial charge in [0.15, 0.2) is 5.65 Å². The molecule has 0 spiro atoms. The molecule has 2 aromatic heterocycles. The molecule has 0 unspecified atom stereocenters. The monoisotopic (exact) mass is 392 g/mol. The van der Waals surface area contributed by atoms with Crippen LogP contribution in [0.3, 0.4) is 0 Å². The highest BCUT2D eigenvalue weighted by Crippen LogP contribution is 2.36. The summed E-state index contributed by atoms with van der Waals surface area (Å²) in [5, 5.41) is 3.53. The molecule has 1 aliphatic rings. The molecule has 29 heavy (non-hydrogen) atoms. The summed E-state index contributed by atoms with van der Waals surface area (Å²) >= 11 is 0. The van der Waals surface area contributed by atoms with Crippen LogP contribution in [0.1, 0.15) is 41.9 Å². The van der Waals surface area contributed by atoms with Gasteiger partial charge in [0.2, 0.25) is 0 Å². The van der Waals surface area contributed by atoms with E-state index in [0.29, 0.717) is 12.0 Å². The number of aromatic nitrogens is 2. The second-order valence-corrected chi connectivity index (χ2v) is 9.01. The minimum atomic E-state index is -0.205. The maximum Gasteiger partial charge on any atom is 0.160 e. The third-order valence-electron chi connectivity index (χ3n) is 5.92. The van der Waals surface area contributed by atoms with Crippen LogP contribution in [0.4, 0.5) is 10.1 Å². The summed E-state index contributed by atoms with van der Waals surface area (Å²) in [6.45, 7) is 17.6. The quantitative estimate of drug-likeness (QED) is 0.638. The summed E-state index contributed by atoms with van der Waals surface area (Å²) in [4.78, 5) is 7.09. The molecule has 1 aliphatic heterocycles. The second-order valence-electron chi connectivity index (χ2n) is 9.01. The number of nitrogens with one attached hydrogen (secondary N) is 1. The zero-order valence-corrected chi connectivity index (χ0v) is 17.9. The molecular weight excluding hydrogens is 363 g/mol. The molecule has 0 atom stereocenters. The van der Waals surface area contributed by atoms with Gasteiger partial charge in [0.1, 0.15) is 5.82 Å². The molecule has 0 amide bonds. The molecule has 1 fully saturated rings. The van der Waals surface area contributed by atoms with Crippen LogP contribution >= 0.6 is 0 Å². The van der Waals surface area contributed by atoms with Crippen LogP contribution in [0.5, 0.6) is 0 Å². The highest BCUT2D eigenvalue weighted by atomic mass is 19.1. The highest BCUT2D eigenvalue weighted by molar-refractivity contribution is 5.75. The molecule has 0 aliphatic carbocycles. The molecule has 1 saturated heterocycles. The van der Waals surface area contributed by atoms with Gasteiger partial charge in [-0.1, -0.05) is 26.5 Å². The van der Waals surface area contributed by atoms with Crippen LogP contribution in [-0.2, 0) is 6.54 Å². The van der Waals surface area contributed by atoms with E-state index in [1.165, 1.54) is 6.07 Å². The first-order chi connectivity index (χ1) is 13.6. The van der Waals surface area contributed by atoms with Gasteiger partial charge in [-0.15, -0.1) is 0 Å². The minimum absolute atomic E-state index is 0.205. The van der Waals surface area contributed by atoms with E-state index in [4.69, 9.17) is 4.98 Å². The Morgan fingerprint density at radius 1 is 1.21 bits per heavy atom. The summed E-state index contributed by atoms with van der Waals surface area (Å²) in [5.74, 6) is -0.205. The molecule has 4 rings (SSSR count). The Hall–Kier alpha value is -2.82. The van der Waals surface area contributed by atoms with E-state index in [1.807, 2.05) is 19.9 Å². The van der Waals surface area contributed by atoms with E-state index in [9.17, 15) is 4.39 Å². The molecule has 3 heterocycles. The largest absolute Gasteiger partial charge is 0.378 e. The number of likely N-dealkylation sites (tertiary alicyclic amines) is 1. The standard InChI is InChI=1S/C24H29FN4/c1-15-9-21(25)8-7-19(15)11-26-22-10-20(18(4)28-13-24(5,6)14-28)12-29-17(3)16(2)27-23(22)29/h7-10,12,26H,4,11,13-14H2,1-3,5-6H3. The van der Waals surface area contributed by atoms with Crippen molar-refractivity contribution in [2.24, 2.45) is 5.41 Å². The van der Waals surface area contributed by atoms with Crippen LogP contribution < -0.4 is 5.32 Å². The molecule has 5 heteroatoms. The van der Waals surface area contributed by atoms with Gasteiger partial charge in [0.05, 0.1) is 11.4 Å². The predicted molar refractivity (Wildman–Crippen MR) is 118 cm³/mol. The molecule has 4 nitrogen and oxygen atoms in total. The van der Waals surface area contributed by atoms with Crippen LogP contribution in [0.15, 0.2) is 37.0 Å². The van der Waals surface area contributed by atoms with E-state index in [0.717, 1.165) is 58.2 Å². The Morgan fingerprint density at radius 3 is 2.59 bits per heavy atom. The zero-order valence-electron chi connectivity index (χ0n) is 17.9. The molecular formula is C24H29FN4. The molecule has 0 radical (unpaired) electrons. The van der Waals surface area contributed by atoms with Crippen molar-refractivity contribution in [3.63, 3.8) is 0 Å². The van der Waals surface area contributed by atoms with E-state index < -0.39 is 0 Å². The zero-order chi connectivity index (χ0) is 20.9. The number of imidazole rings is 1. The predicted octanol–water partition coefficient (Wildman–Crippen LogP) is 5.32. The second kappa shape index (κ2) is 6.90. The SMILES string of the molecule is C=C(c1cc(NCc2ccc(F)cc2C)c2nc(C)c(C)n2c1)N1CC(C)(C)C1. The molecule has 0 saturated carbocycles. The lowest BCUT2D eigenvalue weighted by Crippen LogP contribution is -2.51. The van der Waals surface area contributed by atoms with Gasteiger partial charge in [-0.05, 0) is 55.5 Å².